The summed E-state index contributed by atoms with van der Waals surface area (Å²) in [6.07, 6.45) is 3.07. The molecule has 5 rings (SSSR count). The number of anilines is 1. The van der Waals surface area contributed by atoms with Crippen LogP contribution in [0.5, 0.6) is 5.75 Å². The Bertz CT molecular complexity index is 1530. The number of carbonyl (C=O) groups is 3. The van der Waals surface area contributed by atoms with E-state index in [4.69, 9.17) is 4.74 Å². The third-order valence-corrected chi connectivity index (χ3v) is 6.64. The molecular formula is C25H17N3O6S. The van der Waals surface area contributed by atoms with Crippen LogP contribution in [-0.2, 0) is 9.59 Å². The zero-order valence-electron chi connectivity index (χ0n) is 18.2. The first-order valence-electron chi connectivity index (χ1n) is 10.4. The summed E-state index contributed by atoms with van der Waals surface area (Å²) in [6, 6.07) is 13.3. The van der Waals surface area contributed by atoms with Crippen molar-refractivity contribution in [3.05, 3.63) is 89.3 Å². The smallest absolute Gasteiger partial charge is 0.335 e. The number of methoxy groups -OCH3 is 1. The Morgan fingerprint density at radius 1 is 1.06 bits per heavy atom. The molecule has 2 aromatic carbocycles. The van der Waals surface area contributed by atoms with Crippen LogP contribution in [-0.4, -0.2) is 45.0 Å². The molecule has 1 atom stereocenters. The van der Waals surface area contributed by atoms with Gasteiger partial charge < -0.3 is 14.9 Å². The molecule has 1 amide bonds. The Balaban J connectivity index is 1.70. The maximum atomic E-state index is 13.3. The number of ether oxygens (including phenoxy) is 1. The first kappa shape index (κ1) is 22.2. The quantitative estimate of drug-likeness (QED) is 0.245. The molecule has 2 N–H and O–H groups in total. The second-order valence-electron chi connectivity index (χ2n) is 7.67. The summed E-state index contributed by atoms with van der Waals surface area (Å²) in [5.41, 5.74) is 1.27. The van der Waals surface area contributed by atoms with Crippen molar-refractivity contribution in [2.75, 3.05) is 12.0 Å². The number of nitrogens with zero attached hydrogens (tertiary/aromatic N) is 3. The lowest BCUT2D eigenvalue weighted by Gasteiger charge is -2.22. The summed E-state index contributed by atoms with van der Waals surface area (Å²) in [5.74, 6) is -2.70. The van der Waals surface area contributed by atoms with E-state index < -0.39 is 23.7 Å². The molecule has 1 saturated heterocycles. The molecule has 4 aromatic rings. The van der Waals surface area contributed by atoms with Crippen molar-refractivity contribution in [3.8, 4) is 5.75 Å². The van der Waals surface area contributed by atoms with E-state index in [2.05, 4.69) is 9.97 Å². The number of hydrogen-bond acceptors (Lipinski definition) is 8. The molecular weight excluding hydrogens is 470 g/mol. The largest absolute Gasteiger partial charge is 0.507 e. The molecule has 0 radical (unpaired) electrons. The molecule has 174 valence electrons. The van der Waals surface area contributed by atoms with Crippen LogP contribution in [0.25, 0.3) is 16.0 Å². The Kier molecular flexibility index (Phi) is 5.50. The van der Waals surface area contributed by atoms with E-state index in [9.17, 15) is 24.6 Å². The molecule has 0 bridgehead atoms. The summed E-state index contributed by atoms with van der Waals surface area (Å²) < 4.78 is 5.76. The van der Waals surface area contributed by atoms with E-state index in [0.29, 0.717) is 27.1 Å². The molecule has 35 heavy (non-hydrogen) atoms. The average Bonchev–Trinajstić information content (AvgIpc) is 3.41. The number of aromatic nitrogens is 2. The zero-order valence-corrected chi connectivity index (χ0v) is 19.0. The van der Waals surface area contributed by atoms with Crippen LogP contribution in [0.1, 0.15) is 27.5 Å². The van der Waals surface area contributed by atoms with Crippen LogP contribution in [0, 0.1) is 0 Å². The van der Waals surface area contributed by atoms with Gasteiger partial charge >= 0.3 is 11.9 Å². The van der Waals surface area contributed by atoms with Gasteiger partial charge in [0.05, 0.1) is 34.5 Å². The minimum absolute atomic E-state index is 0.0802. The third kappa shape index (κ3) is 3.79. The van der Waals surface area contributed by atoms with Gasteiger partial charge in [-0.25, -0.2) is 9.78 Å². The van der Waals surface area contributed by atoms with E-state index >= 15 is 0 Å². The number of hydrogen-bond donors (Lipinski definition) is 2. The van der Waals surface area contributed by atoms with Crippen LogP contribution in [0.3, 0.4) is 0 Å². The molecule has 0 spiro atoms. The minimum atomic E-state index is -1.09. The van der Waals surface area contributed by atoms with Gasteiger partial charge in [-0.1, -0.05) is 29.5 Å². The number of aromatic carboxylic acids is 1. The van der Waals surface area contributed by atoms with Crippen molar-refractivity contribution >= 4 is 50.1 Å². The normalized spacial score (nSPS) is 17.2. The molecule has 10 heteroatoms. The number of rotatable bonds is 5. The van der Waals surface area contributed by atoms with Crippen molar-refractivity contribution in [1.29, 1.82) is 0 Å². The molecule has 3 heterocycles. The van der Waals surface area contributed by atoms with Gasteiger partial charge in [0.25, 0.3) is 5.78 Å². The Morgan fingerprint density at radius 3 is 2.60 bits per heavy atom. The number of carboxylic acids is 1. The van der Waals surface area contributed by atoms with E-state index in [0.717, 1.165) is 11.3 Å². The number of aliphatic hydroxyl groups is 1. The number of benzene rings is 2. The van der Waals surface area contributed by atoms with Crippen LogP contribution >= 0.6 is 11.3 Å². The van der Waals surface area contributed by atoms with Crippen molar-refractivity contribution < 1.29 is 29.3 Å². The SMILES string of the molecule is COc1cccc(/C(O)=C2\C(=O)C(=O)N(c3nc4ccc(C(=O)O)cc4s3)C2c2cccnc2)c1. The predicted octanol–water partition coefficient (Wildman–Crippen LogP) is 4.02. The number of thiazole rings is 1. The van der Waals surface area contributed by atoms with Gasteiger partial charge in [-0.2, -0.15) is 0 Å². The molecule has 9 nitrogen and oxygen atoms in total. The topological polar surface area (TPSA) is 130 Å². The number of fused-ring (bicyclic) bond motifs is 1. The van der Waals surface area contributed by atoms with E-state index in [1.807, 2.05) is 0 Å². The van der Waals surface area contributed by atoms with Gasteiger partial charge in [-0.15, -0.1) is 0 Å². The molecule has 2 aromatic heterocycles. The third-order valence-electron chi connectivity index (χ3n) is 5.62. The van der Waals surface area contributed by atoms with Gasteiger partial charge in [0.1, 0.15) is 11.5 Å². The van der Waals surface area contributed by atoms with Gasteiger partial charge in [0, 0.05) is 18.0 Å². The number of Topliss-reactive ketones (excluding diaryl/α,β-unsaturated/α-hetero) is 1. The Hall–Kier alpha value is -4.57. The van der Waals surface area contributed by atoms with Crippen LogP contribution < -0.4 is 9.64 Å². The summed E-state index contributed by atoms with van der Waals surface area (Å²) >= 11 is 1.08. The summed E-state index contributed by atoms with van der Waals surface area (Å²) in [4.78, 5) is 47.7. The number of carboxylic acid groups (broad SMARTS) is 1. The lowest BCUT2D eigenvalue weighted by molar-refractivity contribution is -0.132. The molecule has 1 fully saturated rings. The summed E-state index contributed by atoms with van der Waals surface area (Å²) in [6.45, 7) is 0. The fourth-order valence-corrected chi connectivity index (χ4v) is 4.99. The first-order chi connectivity index (χ1) is 16.9. The number of carbonyl (C=O) groups excluding carboxylic acids is 2. The van der Waals surface area contributed by atoms with Crippen LogP contribution in [0.4, 0.5) is 5.13 Å². The minimum Gasteiger partial charge on any atom is -0.507 e. The maximum Gasteiger partial charge on any atom is 0.335 e. The van der Waals surface area contributed by atoms with Crippen LogP contribution in [0.15, 0.2) is 72.6 Å². The highest BCUT2D eigenvalue weighted by molar-refractivity contribution is 7.22. The van der Waals surface area contributed by atoms with Crippen molar-refractivity contribution in [1.82, 2.24) is 9.97 Å². The molecule has 1 aliphatic heterocycles. The second-order valence-corrected chi connectivity index (χ2v) is 8.68. The number of pyridine rings is 1. The molecule has 1 aliphatic rings. The van der Waals surface area contributed by atoms with Gasteiger partial charge in [-0.05, 0) is 42.0 Å². The number of ketones is 1. The van der Waals surface area contributed by atoms with Crippen molar-refractivity contribution in [3.63, 3.8) is 0 Å². The lowest BCUT2D eigenvalue weighted by atomic mass is 9.96. The maximum absolute atomic E-state index is 13.3. The average molecular weight is 487 g/mol. The Labute approximate surface area is 202 Å². The van der Waals surface area contributed by atoms with Crippen LogP contribution in [0.2, 0.25) is 0 Å². The Morgan fingerprint density at radius 2 is 1.89 bits per heavy atom. The fourth-order valence-electron chi connectivity index (χ4n) is 3.96. The summed E-state index contributed by atoms with van der Waals surface area (Å²) in [5, 5.41) is 20.7. The van der Waals surface area contributed by atoms with Crippen molar-refractivity contribution in [2.45, 2.75) is 6.04 Å². The molecule has 1 unspecified atom stereocenters. The van der Waals surface area contributed by atoms with Gasteiger partial charge in [0.2, 0.25) is 0 Å². The summed E-state index contributed by atoms with van der Waals surface area (Å²) in [7, 11) is 1.48. The van der Waals surface area contributed by atoms with Gasteiger partial charge in [0.15, 0.2) is 5.13 Å². The highest BCUT2D eigenvalue weighted by Crippen LogP contribution is 2.44. The predicted molar refractivity (Wildman–Crippen MR) is 129 cm³/mol. The first-order valence-corrected chi connectivity index (χ1v) is 11.2. The highest BCUT2D eigenvalue weighted by atomic mass is 32.1. The zero-order chi connectivity index (χ0) is 24.7. The fraction of sp³-hybridized carbons (Fsp3) is 0.0800. The molecule has 0 aliphatic carbocycles. The van der Waals surface area contributed by atoms with Crippen molar-refractivity contribution in [2.24, 2.45) is 0 Å². The van der Waals surface area contributed by atoms with E-state index in [1.165, 1.54) is 30.3 Å². The second kappa shape index (κ2) is 8.65. The monoisotopic (exact) mass is 487 g/mol. The lowest BCUT2D eigenvalue weighted by Crippen LogP contribution is -2.29. The molecule has 0 saturated carbocycles. The van der Waals surface area contributed by atoms with E-state index in [-0.39, 0.29) is 22.0 Å². The highest BCUT2D eigenvalue weighted by Gasteiger charge is 2.48. The number of aliphatic hydroxyl groups excluding tert-OH is 1. The number of amides is 1. The van der Waals surface area contributed by atoms with Gasteiger partial charge in [-0.3, -0.25) is 19.5 Å². The standard InChI is InChI=1S/C25H17N3O6S/c1-34-16-6-2-4-13(10-16)21(29)19-20(15-5-3-9-26-12-15)28(23(31)22(19)30)25-27-17-8-7-14(24(32)33)11-18(17)35-25/h2-12,20,29H,1H3,(H,32,33)/b21-19+. The van der Waals surface area contributed by atoms with E-state index in [1.54, 1.807) is 48.7 Å².